The second kappa shape index (κ2) is 5.42. The van der Waals surface area contributed by atoms with E-state index in [9.17, 15) is 4.79 Å². The highest BCUT2D eigenvalue weighted by molar-refractivity contribution is 5.90. The number of imidazole rings is 1. The van der Waals surface area contributed by atoms with E-state index < -0.39 is 5.91 Å². The lowest BCUT2D eigenvalue weighted by atomic mass is 10.2. The number of hydrogen-bond acceptors (Lipinski definition) is 2. The molecule has 3 N–H and O–H groups in total. The van der Waals surface area contributed by atoms with E-state index in [-0.39, 0.29) is 0 Å². The highest BCUT2D eigenvalue weighted by atomic mass is 16.1. The third-order valence-corrected chi connectivity index (χ3v) is 2.41. The molecule has 0 bridgehead atoms. The van der Waals surface area contributed by atoms with E-state index in [1.807, 2.05) is 0 Å². The van der Waals surface area contributed by atoms with E-state index in [2.05, 4.69) is 16.9 Å². The average Bonchev–Trinajstić information content (AvgIpc) is 2.75. The standard InChI is InChI=1S/C6H12.C4H5N3O/c1-6-4-2-3-5-6;5-4(8)3-1-6-2-7-3/h6H,2-5H2,1H3;1-2H,(H2,5,8)(H,6,7). The van der Waals surface area contributed by atoms with Crippen molar-refractivity contribution in [2.75, 3.05) is 0 Å². The molecule has 1 aliphatic carbocycles. The van der Waals surface area contributed by atoms with Crippen molar-refractivity contribution in [1.82, 2.24) is 9.97 Å². The third kappa shape index (κ3) is 3.60. The Bertz CT molecular complexity index is 263. The number of nitrogens with zero attached hydrogens (tertiary/aromatic N) is 1. The highest BCUT2D eigenvalue weighted by Gasteiger charge is 2.07. The lowest BCUT2D eigenvalue weighted by Crippen LogP contribution is -2.10. The van der Waals surface area contributed by atoms with E-state index in [1.165, 1.54) is 38.2 Å². The monoisotopic (exact) mass is 195 g/mol. The summed E-state index contributed by atoms with van der Waals surface area (Å²) in [5.41, 5.74) is 5.19. The predicted molar refractivity (Wildman–Crippen MR) is 54.7 cm³/mol. The van der Waals surface area contributed by atoms with Crippen LogP contribution in [0.1, 0.15) is 43.1 Å². The van der Waals surface area contributed by atoms with Crippen LogP contribution in [-0.4, -0.2) is 15.9 Å². The van der Waals surface area contributed by atoms with Gasteiger partial charge in [-0.2, -0.15) is 0 Å². The van der Waals surface area contributed by atoms with Crippen LogP contribution in [0, 0.1) is 5.92 Å². The molecule has 0 saturated heterocycles. The van der Waals surface area contributed by atoms with E-state index in [0.717, 1.165) is 5.92 Å². The zero-order chi connectivity index (χ0) is 10.4. The van der Waals surface area contributed by atoms with Crippen LogP contribution in [0.4, 0.5) is 0 Å². The molecule has 0 atom stereocenters. The third-order valence-electron chi connectivity index (χ3n) is 2.41. The molecule has 0 radical (unpaired) electrons. The number of primary amides is 1. The molecule has 1 aromatic heterocycles. The van der Waals surface area contributed by atoms with Gasteiger partial charge in [0.25, 0.3) is 5.91 Å². The Morgan fingerprint density at radius 3 is 2.43 bits per heavy atom. The Hall–Kier alpha value is -1.32. The van der Waals surface area contributed by atoms with Gasteiger partial charge >= 0.3 is 0 Å². The number of nitrogens with two attached hydrogens (primary N) is 1. The second-order valence-corrected chi connectivity index (χ2v) is 3.72. The van der Waals surface area contributed by atoms with E-state index in [0.29, 0.717) is 5.69 Å². The summed E-state index contributed by atoms with van der Waals surface area (Å²) in [7, 11) is 0. The number of aromatic amines is 1. The van der Waals surface area contributed by atoms with Crippen molar-refractivity contribution < 1.29 is 4.79 Å². The van der Waals surface area contributed by atoms with Gasteiger partial charge in [-0.1, -0.05) is 32.6 Å². The van der Waals surface area contributed by atoms with Gasteiger partial charge in [-0.15, -0.1) is 0 Å². The largest absolute Gasteiger partial charge is 0.364 e. The second-order valence-electron chi connectivity index (χ2n) is 3.72. The number of carbonyl (C=O) groups excluding carboxylic acids is 1. The molecule has 2 rings (SSSR count). The molecule has 4 heteroatoms. The summed E-state index contributed by atoms with van der Waals surface area (Å²) in [5.74, 6) is 0.563. The van der Waals surface area contributed by atoms with Crippen LogP contribution in [0.3, 0.4) is 0 Å². The number of H-pyrrole nitrogens is 1. The van der Waals surface area contributed by atoms with Crippen LogP contribution in [0.15, 0.2) is 12.5 Å². The number of carbonyl (C=O) groups is 1. The number of amides is 1. The van der Waals surface area contributed by atoms with Gasteiger partial charge in [0.05, 0.1) is 12.5 Å². The predicted octanol–water partition coefficient (Wildman–Crippen LogP) is 1.71. The minimum atomic E-state index is -0.484. The first-order chi connectivity index (χ1) is 6.70. The summed E-state index contributed by atoms with van der Waals surface area (Å²) in [6.07, 6.45) is 8.73. The van der Waals surface area contributed by atoms with Crippen molar-refractivity contribution >= 4 is 5.91 Å². The molecule has 78 valence electrons. The van der Waals surface area contributed by atoms with Gasteiger partial charge in [0.15, 0.2) is 0 Å². The van der Waals surface area contributed by atoms with E-state index in [4.69, 9.17) is 5.73 Å². The Labute approximate surface area is 83.9 Å². The fraction of sp³-hybridized carbons (Fsp3) is 0.600. The molecule has 1 fully saturated rings. The summed E-state index contributed by atoms with van der Waals surface area (Å²) in [5, 5.41) is 0. The lowest BCUT2D eigenvalue weighted by Gasteiger charge is -1.91. The van der Waals surface area contributed by atoms with Crippen LogP contribution < -0.4 is 5.73 Å². The van der Waals surface area contributed by atoms with Crippen LogP contribution in [0.5, 0.6) is 0 Å². The van der Waals surface area contributed by atoms with E-state index >= 15 is 0 Å². The van der Waals surface area contributed by atoms with Crippen LogP contribution in [0.2, 0.25) is 0 Å². The van der Waals surface area contributed by atoms with Crippen molar-refractivity contribution in [2.45, 2.75) is 32.6 Å². The minimum absolute atomic E-state index is 0.338. The van der Waals surface area contributed by atoms with Crippen molar-refractivity contribution in [3.63, 3.8) is 0 Å². The van der Waals surface area contributed by atoms with Gasteiger partial charge in [0, 0.05) is 0 Å². The molecule has 1 amide bonds. The molecule has 4 nitrogen and oxygen atoms in total. The molecule has 1 aromatic rings. The van der Waals surface area contributed by atoms with Gasteiger partial charge in [-0.25, -0.2) is 4.98 Å². The lowest BCUT2D eigenvalue weighted by molar-refractivity contribution is 0.0996. The number of rotatable bonds is 1. The first-order valence-corrected chi connectivity index (χ1v) is 4.98. The van der Waals surface area contributed by atoms with Crippen molar-refractivity contribution in [3.8, 4) is 0 Å². The maximum absolute atomic E-state index is 10.2. The summed E-state index contributed by atoms with van der Waals surface area (Å²) >= 11 is 0. The van der Waals surface area contributed by atoms with Crippen molar-refractivity contribution in [3.05, 3.63) is 18.2 Å². The molecule has 0 aliphatic heterocycles. The Morgan fingerprint density at radius 1 is 1.57 bits per heavy atom. The molecule has 1 saturated carbocycles. The summed E-state index contributed by atoms with van der Waals surface area (Å²) in [6.45, 7) is 2.34. The number of hydrogen-bond donors (Lipinski definition) is 2. The SMILES string of the molecule is CC1CCCC1.NC(=O)c1cnc[nH]1. The Kier molecular flexibility index (Phi) is 4.16. The fourth-order valence-electron chi connectivity index (χ4n) is 1.52. The maximum Gasteiger partial charge on any atom is 0.266 e. The smallest absolute Gasteiger partial charge is 0.266 e. The normalized spacial score (nSPS) is 16.1. The molecular formula is C10H17N3O. The topological polar surface area (TPSA) is 71.8 Å². The fourth-order valence-corrected chi connectivity index (χ4v) is 1.52. The molecule has 0 spiro atoms. The molecule has 0 unspecified atom stereocenters. The first-order valence-electron chi connectivity index (χ1n) is 4.98. The van der Waals surface area contributed by atoms with Crippen LogP contribution >= 0.6 is 0 Å². The zero-order valence-electron chi connectivity index (χ0n) is 8.49. The quantitative estimate of drug-likeness (QED) is 0.716. The zero-order valence-corrected chi connectivity index (χ0v) is 8.49. The van der Waals surface area contributed by atoms with Gasteiger partial charge in [0.2, 0.25) is 0 Å². The van der Waals surface area contributed by atoms with E-state index in [1.54, 1.807) is 0 Å². The minimum Gasteiger partial charge on any atom is -0.364 e. The van der Waals surface area contributed by atoms with Crippen LogP contribution in [-0.2, 0) is 0 Å². The number of aromatic nitrogens is 2. The average molecular weight is 195 g/mol. The summed E-state index contributed by atoms with van der Waals surface area (Å²) in [4.78, 5) is 16.4. The Balaban J connectivity index is 0.000000146. The first kappa shape index (κ1) is 10.8. The summed E-state index contributed by atoms with van der Waals surface area (Å²) in [6, 6.07) is 0. The summed E-state index contributed by atoms with van der Waals surface area (Å²) < 4.78 is 0. The maximum atomic E-state index is 10.2. The molecule has 1 aliphatic rings. The van der Waals surface area contributed by atoms with Gasteiger partial charge < -0.3 is 10.7 Å². The molecule has 1 heterocycles. The molecule has 0 aromatic carbocycles. The van der Waals surface area contributed by atoms with Gasteiger partial charge in [-0.05, 0) is 5.92 Å². The molecular weight excluding hydrogens is 178 g/mol. The highest BCUT2D eigenvalue weighted by Crippen LogP contribution is 2.22. The van der Waals surface area contributed by atoms with Gasteiger partial charge in [-0.3, -0.25) is 4.79 Å². The Morgan fingerprint density at radius 2 is 2.21 bits per heavy atom. The van der Waals surface area contributed by atoms with Crippen LogP contribution in [0.25, 0.3) is 0 Å². The van der Waals surface area contributed by atoms with Crippen molar-refractivity contribution in [2.24, 2.45) is 11.7 Å². The molecule has 14 heavy (non-hydrogen) atoms. The van der Waals surface area contributed by atoms with Gasteiger partial charge in [0.1, 0.15) is 5.69 Å². The number of nitrogens with one attached hydrogen (secondary N) is 1. The van der Waals surface area contributed by atoms with Crippen molar-refractivity contribution in [1.29, 1.82) is 0 Å².